The SMILES string of the molecule is C=CN=C(/C(=C/C=C\C)C(F)=C(C)CC)c1ncn(Cc2ccc(C)cc2)c1C.CC. The maximum atomic E-state index is 15.2. The molecule has 0 aliphatic carbocycles. The fourth-order valence-corrected chi connectivity index (χ4v) is 2.91. The van der Waals surface area contributed by atoms with Crippen LogP contribution in [0.2, 0.25) is 0 Å². The molecule has 1 aromatic carbocycles. The first-order valence-electron chi connectivity index (χ1n) is 10.9. The van der Waals surface area contributed by atoms with E-state index in [1.54, 1.807) is 19.3 Å². The predicted molar refractivity (Wildman–Crippen MR) is 132 cm³/mol. The number of aryl methyl sites for hydroxylation is 1. The van der Waals surface area contributed by atoms with E-state index in [9.17, 15) is 0 Å². The van der Waals surface area contributed by atoms with Crippen molar-refractivity contribution in [1.82, 2.24) is 9.55 Å². The Labute approximate surface area is 187 Å². The van der Waals surface area contributed by atoms with E-state index in [0.29, 0.717) is 35.5 Å². The Balaban J connectivity index is 0.00000233. The molecule has 0 saturated heterocycles. The minimum atomic E-state index is -0.265. The van der Waals surface area contributed by atoms with Crippen LogP contribution < -0.4 is 0 Å². The maximum absolute atomic E-state index is 15.2. The Morgan fingerprint density at radius 1 is 1.19 bits per heavy atom. The lowest BCUT2D eigenvalue weighted by Crippen LogP contribution is -2.10. The summed E-state index contributed by atoms with van der Waals surface area (Å²) in [5, 5.41) is 0. The highest BCUT2D eigenvalue weighted by Crippen LogP contribution is 2.25. The second-order valence-electron chi connectivity index (χ2n) is 7.01. The normalized spacial score (nSPS) is 13.0. The van der Waals surface area contributed by atoms with Gasteiger partial charge in [0.2, 0.25) is 0 Å². The number of aromatic nitrogens is 2. The van der Waals surface area contributed by atoms with Crippen LogP contribution in [0.1, 0.15) is 63.6 Å². The number of rotatable bonds is 8. The Bertz CT molecular complexity index is 970. The van der Waals surface area contributed by atoms with Crippen LogP contribution in [0.3, 0.4) is 0 Å². The lowest BCUT2D eigenvalue weighted by molar-refractivity contribution is 0.641. The molecule has 0 bridgehead atoms. The first-order valence-corrected chi connectivity index (χ1v) is 10.9. The lowest BCUT2D eigenvalue weighted by atomic mass is 10.0. The molecule has 0 radical (unpaired) electrons. The van der Waals surface area contributed by atoms with Gasteiger partial charge in [-0.05, 0) is 45.3 Å². The van der Waals surface area contributed by atoms with E-state index in [4.69, 9.17) is 0 Å². The molecule has 0 aliphatic heterocycles. The number of hydrogen-bond acceptors (Lipinski definition) is 2. The standard InChI is InChI=1S/C25H30FN3.C2H6/c1-7-10-11-22(23(26)19(5)8-2)25(27-9-3)24-20(6)29(17-28-24)16-21-14-12-18(4)13-15-21;1-2/h7,9-15,17H,3,8,16H2,1-2,4-6H3;1-2H3/b10-7-,22-11+,23-19?,27-25?;. The lowest BCUT2D eigenvalue weighted by Gasteiger charge is -2.11. The summed E-state index contributed by atoms with van der Waals surface area (Å²) in [6.07, 6.45) is 9.27. The highest BCUT2D eigenvalue weighted by atomic mass is 19.1. The minimum Gasteiger partial charge on any atom is -0.330 e. The van der Waals surface area contributed by atoms with Gasteiger partial charge < -0.3 is 4.57 Å². The van der Waals surface area contributed by atoms with Crippen LogP contribution in [0.4, 0.5) is 4.39 Å². The van der Waals surface area contributed by atoms with Gasteiger partial charge in [-0.1, -0.05) is 75.4 Å². The van der Waals surface area contributed by atoms with Gasteiger partial charge >= 0.3 is 0 Å². The van der Waals surface area contributed by atoms with Gasteiger partial charge in [0.1, 0.15) is 17.2 Å². The smallest absolute Gasteiger partial charge is 0.131 e. The molecule has 0 atom stereocenters. The largest absolute Gasteiger partial charge is 0.330 e. The van der Waals surface area contributed by atoms with Crippen molar-refractivity contribution in [3.63, 3.8) is 0 Å². The molecular weight excluding hydrogens is 385 g/mol. The van der Waals surface area contributed by atoms with Gasteiger partial charge in [-0.3, -0.25) is 4.99 Å². The van der Waals surface area contributed by atoms with Crippen molar-refractivity contribution in [3.05, 3.63) is 101 Å². The van der Waals surface area contributed by atoms with Gasteiger partial charge in [-0.15, -0.1) is 0 Å². The molecule has 4 heteroatoms. The van der Waals surface area contributed by atoms with Gasteiger partial charge in [-0.2, -0.15) is 0 Å². The van der Waals surface area contributed by atoms with Crippen LogP contribution in [-0.4, -0.2) is 15.3 Å². The van der Waals surface area contributed by atoms with E-state index < -0.39 is 0 Å². The molecule has 0 aliphatic rings. The van der Waals surface area contributed by atoms with Crippen molar-refractivity contribution in [1.29, 1.82) is 0 Å². The zero-order valence-electron chi connectivity index (χ0n) is 20.0. The van der Waals surface area contributed by atoms with Gasteiger partial charge in [0, 0.05) is 24.0 Å². The summed E-state index contributed by atoms with van der Waals surface area (Å²) in [6, 6.07) is 8.41. The van der Waals surface area contributed by atoms with Crippen molar-refractivity contribution >= 4 is 5.71 Å². The molecule has 3 nitrogen and oxygen atoms in total. The molecule has 1 aromatic heterocycles. The van der Waals surface area contributed by atoms with Gasteiger partial charge in [0.15, 0.2) is 0 Å². The number of halogens is 1. The number of benzene rings is 1. The Hall–Kier alpha value is -3.01. The van der Waals surface area contributed by atoms with Crippen molar-refractivity contribution in [3.8, 4) is 0 Å². The summed E-state index contributed by atoms with van der Waals surface area (Å²) in [7, 11) is 0. The number of allylic oxidation sites excluding steroid dienone is 6. The predicted octanol–water partition coefficient (Wildman–Crippen LogP) is 7.66. The van der Waals surface area contributed by atoms with E-state index in [2.05, 4.69) is 52.3 Å². The summed E-state index contributed by atoms with van der Waals surface area (Å²) in [4.78, 5) is 8.98. The fraction of sp³-hybridized carbons (Fsp3) is 0.333. The van der Waals surface area contributed by atoms with Crippen molar-refractivity contribution in [2.75, 3.05) is 0 Å². The average Bonchev–Trinajstić information content (AvgIpc) is 3.15. The Kier molecular flexibility index (Phi) is 11.2. The van der Waals surface area contributed by atoms with E-state index in [0.717, 1.165) is 5.69 Å². The zero-order chi connectivity index (χ0) is 23.4. The molecule has 0 N–H and O–H groups in total. The van der Waals surface area contributed by atoms with Crippen LogP contribution >= 0.6 is 0 Å². The highest BCUT2D eigenvalue weighted by molar-refractivity contribution is 6.15. The highest BCUT2D eigenvalue weighted by Gasteiger charge is 2.21. The number of aliphatic imine (C=N–C) groups is 1. The zero-order valence-corrected chi connectivity index (χ0v) is 20.0. The number of nitrogens with zero attached hydrogens (tertiary/aromatic N) is 3. The van der Waals surface area contributed by atoms with E-state index in [1.165, 1.54) is 17.3 Å². The first-order chi connectivity index (χ1) is 14.9. The quantitative estimate of drug-likeness (QED) is 0.318. The van der Waals surface area contributed by atoms with Crippen LogP contribution in [-0.2, 0) is 6.54 Å². The third kappa shape index (κ3) is 7.02. The molecule has 0 unspecified atom stereocenters. The van der Waals surface area contributed by atoms with E-state index in [1.807, 2.05) is 46.8 Å². The molecule has 0 saturated carbocycles. The fourth-order valence-electron chi connectivity index (χ4n) is 2.91. The van der Waals surface area contributed by atoms with Gasteiger partial charge in [0.05, 0.1) is 6.33 Å². The molecule has 0 spiro atoms. The minimum absolute atomic E-state index is 0.265. The molecule has 0 fully saturated rings. The van der Waals surface area contributed by atoms with Crippen LogP contribution in [0.5, 0.6) is 0 Å². The molecule has 2 rings (SSSR count). The molecular formula is C27H36FN3. The Morgan fingerprint density at radius 3 is 2.39 bits per heavy atom. The first kappa shape index (κ1) is 26.0. The van der Waals surface area contributed by atoms with Crippen LogP contribution in [0, 0.1) is 13.8 Å². The topological polar surface area (TPSA) is 30.2 Å². The maximum Gasteiger partial charge on any atom is 0.131 e. The van der Waals surface area contributed by atoms with Gasteiger partial charge in [0.25, 0.3) is 0 Å². The Morgan fingerprint density at radius 2 is 1.84 bits per heavy atom. The monoisotopic (exact) mass is 421 g/mol. The molecule has 1 heterocycles. The van der Waals surface area contributed by atoms with Crippen molar-refractivity contribution < 1.29 is 4.39 Å². The van der Waals surface area contributed by atoms with Gasteiger partial charge in [-0.25, -0.2) is 9.37 Å². The summed E-state index contributed by atoms with van der Waals surface area (Å²) >= 11 is 0. The number of imidazole rings is 1. The summed E-state index contributed by atoms with van der Waals surface area (Å²) in [5.74, 6) is -0.265. The van der Waals surface area contributed by atoms with Crippen molar-refractivity contribution in [2.45, 2.75) is 61.4 Å². The average molecular weight is 422 g/mol. The van der Waals surface area contributed by atoms with Crippen molar-refractivity contribution in [2.24, 2.45) is 4.99 Å². The summed E-state index contributed by atoms with van der Waals surface area (Å²) in [5.41, 5.74) is 5.59. The third-order valence-electron chi connectivity index (χ3n) is 4.87. The summed E-state index contributed by atoms with van der Waals surface area (Å²) < 4.78 is 17.3. The second kappa shape index (κ2) is 13.3. The van der Waals surface area contributed by atoms with Crippen LogP contribution in [0.25, 0.3) is 0 Å². The number of hydrogen-bond donors (Lipinski definition) is 0. The molecule has 166 valence electrons. The van der Waals surface area contributed by atoms with E-state index >= 15 is 4.39 Å². The second-order valence-corrected chi connectivity index (χ2v) is 7.01. The molecule has 31 heavy (non-hydrogen) atoms. The summed E-state index contributed by atoms with van der Waals surface area (Å²) in [6.45, 7) is 18.1. The van der Waals surface area contributed by atoms with Crippen LogP contribution in [0.15, 0.2) is 83.6 Å². The van der Waals surface area contributed by atoms with E-state index in [-0.39, 0.29) is 5.83 Å². The third-order valence-corrected chi connectivity index (χ3v) is 4.87. The molecule has 0 amide bonds. The molecule has 2 aromatic rings.